The minimum atomic E-state index is -0.129. The third kappa shape index (κ3) is 3.70. The molecule has 0 radical (unpaired) electrons. The van der Waals surface area contributed by atoms with Gasteiger partial charge < -0.3 is 14.6 Å². The lowest BCUT2D eigenvalue weighted by Gasteiger charge is -2.17. The third-order valence-electron chi connectivity index (χ3n) is 5.71. The summed E-state index contributed by atoms with van der Waals surface area (Å²) >= 11 is 0. The Balaban J connectivity index is 1.26. The Bertz CT molecular complexity index is 1290. The van der Waals surface area contributed by atoms with Gasteiger partial charge in [0, 0.05) is 34.4 Å². The van der Waals surface area contributed by atoms with Gasteiger partial charge in [-0.3, -0.25) is 9.59 Å². The average Bonchev–Trinajstić information content (AvgIpc) is 3.38. The van der Waals surface area contributed by atoms with Crippen molar-refractivity contribution in [2.75, 3.05) is 16.8 Å². The maximum Gasteiger partial charge on any atom is 0.258 e. The van der Waals surface area contributed by atoms with Crippen LogP contribution in [0.1, 0.15) is 27.0 Å². The zero-order chi connectivity index (χ0) is 21.4. The molecule has 0 spiro atoms. The van der Waals surface area contributed by atoms with Gasteiger partial charge in [-0.05, 0) is 60.9 Å². The minimum Gasteiger partial charge on any atom is -0.464 e. The summed E-state index contributed by atoms with van der Waals surface area (Å²) in [6.45, 7) is 2.69. The van der Waals surface area contributed by atoms with E-state index in [1.807, 2.05) is 48.2 Å². The molecule has 2 amide bonds. The Morgan fingerprint density at radius 3 is 2.68 bits per heavy atom. The van der Waals surface area contributed by atoms with Crippen LogP contribution in [0.3, 0.4) is 0 Å². The first-order valence-corrected chi connectivity index (χ1v) is 10.3. The highest BCUT2D eigenvalue weighted by atomic mass is 16.3. The number of hydrogen-bond acceptors (Lipinski definition) is 3. The van der Waals surface area contributed by atoms with Crippen LogP contribution in [0.15, 0.2) is 77.4 Å². The normalized spacial score (nSPS) is 12.7. The molecule has 3 aromatic carbocycles. The number of para-hydroxylation sites is 1. The number of amides is 2. The van der Waals surface area contributed by atoms with E-state index in [0.29, 0.717) is 17.8 Å². The second-order valence-electron chi connectivity index (χ2n) is 7.90. The summed E-state index contributed by atoms with van der Waals surface area (Å²) in [6.07, 6.45) is 2.74. The van der Waals surface area contributed by atoms with E-state index < -0.39 is 0 Å². The molecule has 154 valence electrons. The lowest BCUT2D eigenvalue weighted by molar-refractivity contribution is -0.115. The van der Waals surface area contributed by atoms with E-state index in [1.54, 1.807) is 30.5 Å². The number of nitrogens with one attached hydrogen (secondary N) is 1. The number of anilines is 2. The van der Waals surface area contributed by atoms with Crippen molar-refractivity contribution in [2.45, 2.75) is 19.8 Å². The maximum absolute atomic E-state index is 12.9. The van der Waals surface area contributed by atoms with Gasteiger partial charge in [0.25, 0.3) is 5.91 Å². The molecular weight excluding hydrogens is 388 g/mol. The summed E-state index contributed by atoms with van der Waals surface area (Å²) in [7, 11) is 0. The molecule has 0 unspecified atom stereocenters. The van der Waals surface area contributed by atoms with E-state index in [9.17, 15) is 9.59 Å². The van der Waals surface area contributed by atoms with Crippen molar-refractivity contribution in [2.24, 2.45) is 0 Å². The number of fused-ring (bicyclic) bond motifs is 2. The first-order chi connectivity index (χ1) is 15.1. The zero-order valence-corrected chi connectivity index (χ0v) is 17.2. The molecule has 31 heavy (non-hydrogen) atoms. The molecule has 0 saturated carbocycles. The molecule has 0 atom stereocenters. The van der Waals surface area contributed by atoms with Crippen molar-refractivity contribution < 1.29 is 14.0 Å². The van der Waals surface area contributed by atoms with Crippen LogP contribution in [0.2, 0.25) is 0 Å². The molecule has 0 saturated heterocycles. The van der Waals surface area contributed by atoms with Crippen molar-refractivity contribution in [3.05, 3.63) is 95.2 Å². The second kappa shape index (κ2) is 7.76. The van der Waals surface area contributed by atoms with Crippen molar-refractivity contribution in [1.82, 2.24) is 0 Å². The van der Waals surface area contributed by atoms with Gasteiger partial charge in [-0.1, -0.05) is 30.3 Å². The number of rotatable bonds is 4. The van der Waals surface area contributed by atoms with Crippen LogP contribution in [-0.4, -0.2) is 18.4 Å². The van der Waals surface area contributed by atoms with Gasteiger partial charge >= 0.3 is 0 Å². The first-order valence-electron chi connectivity index (χ1n) is 10.3. The van der Waals surface area contributed by atoms with E-state index >= 15 is 0 Å². The van der Waals surface area contributed by atoms with Gasteiger partial charge in [0.05, 0.1) is 12.7 Å². The summed E-state index contributed by atoms with van der Waals surface area (Å²) in [4.78, 5) is 27.3. The van der Waals surface area contributed by atoms with Crippen molar-refractivity contribution in [3.63, 3.8) is 0 Å². The number of carbonyl (C=O) groups is 2. The topological polar surface area (TPSA) is 62.6 Å². The molecule has 1 aliphatic heterocycles. The van der Waals surface area contributed by atoms with Gasteiger partial charge in [-0.15, -0.1) is 0 Å². The fraction of sp³-hybridized carbons (Fsp3) is 0.154. The molecule has 1 aliphatic rings. The predicted molar refractivity (Wildman–Crippen MR) is 122 cm³/mol. The van der Waals surface area contributed by atoms with Gasteiger partial charge in [-0.2, -0.15) is 0 Å². The van der Waals surface area contributed by atoms with Crippen LogP contribution in [0.4, 0.5) is 11.4 Å². The molecule has 2 heterocycles. The van der Waals surface area contributed by atoms with Crippen molar-refractivity contribution in [1.29, 1.82) is 0 Å². The monoisotopic (exact) mass is 410 g/mol. The van der Waals surface area contributed by atoms with Crippen LogP contribution < -0.4 is 10.2 Å². The van der Waals surface area contributed by atoms with E-state index in [4.69, 9.17) is 4.42 Å². The van der Waals surface area contributed by atoms with E-state index in [0.717, 1.165) is 34.2 Å². The number of furan rings is 1. The summed E-state index contributed by atoms with van der Waals surface area (Å²) in [5, 5.41) is 3.85. The number of aryl methyl sites for hydroxylation is 1. The van der Waals surface area contributed by atoms with Gasteiger partial charge in [0.1, 0.15) is 5.58 Å². The van der Waals surface area contributed by atoms with Gasteiger partial charge in [-0.25, -0.2) is 0 Å². The maximum atomic E-state index is 12.9. The Labute approximate surface area is 180 Å². The molecular formula is C26H22N2O3. The smallest absolute Gasteiger partial charge is 0.258 e. The minimum absolute atomic E-state index is 0.0250. The Morgan fingerprint density at radius 2 is 1.84 bits per heavy atom. The van der Waals surface area contributed by atoms with Crippen LogP contribution in [0, 0.1) is 6.92 Å². The number of hydrogen-bond donors (Lipinski definition) is 1. The van der Waals surface area contributed by atoms with E-state index in [2.05, 4.69) is 11.4 Å². The second-order valence-corrected chi connectivity index (χ2v) is 7.90. The molecule has 1 N–H and O–H groups in total. The molecule has 0 aliphatic carbocycles. The van der Waals surface area contributed by atoms with Crippen LogP contribution in [0.5, 0.6) is 0 Å². The summed E-state index contributed by atoms with van der Waals surface area (Å²) in [5.74, 6) is -0.154. The van der Waals surface area contributed by atoms with Gasteiger partial charge in [0.15, 0.2) is 0 Å². The Hall–Kier alpha value is -3.86. The number of carbonyl (C=O) groups excluding carboxylic acids is 2. The molecule has 5 rings (SSSR count). The highest BCUT2D eigenvalue weighted by Crippen LogP contribution is 2.29. The van der Waals surface area contributed by atoms with Crippen LogP contribution in [-0.2, 0) is 17.6 Å². The molecule has 4 aromatic rings. The molecule has 0 bridgehead atoms. The zero-order valence-electron chi connectivity index (χ0n) is 17.2. The molecule has 0 fully saturated rings. The highest BCUT2D eigenvalue weighted by molar-refractivity contribution is 6.07. The lowest BCUT2D eigenvalue weighted by atomic mass is 10.1. The summed E-state index contributed by atoms with van der Waals surface area (Å²) in [5.41, 5.74) is 6.19. The lowest BCUT2D eigenvalue weighted by Crippen LogP contribution is -2.28. The number of benzene rings is 3. The first kappa shape index (κ1) is 19.1. The third-order valence-corrected chi connectivity index (χ3v) is 5.71. The predicted octanol–water partition coefficient (Wildman–Crippen LogP) is 5.13. The van der Waals surface area contributed by atoms with Crippen LogP contribution in [0.25, 0.3) is 11.0 Å². The SMILES string of the molecule is Cc1ccc2c(CC(=O)Nc3ccc(C(=O)N4CCc5ccccc54)cc3)coc2c1. The highest BCUT2D eigenvalue weighted by Gasteiger charge is 2.25. The summed E-state index contributed by atoms with van der Waals surface area (Å²) in [6, 6.07) is 21.0. The quantitative estimate of drug-likeness (QED) is 0.508. The molecule has 5 heteroatoms. The average molecular weight is 410 g/mol. The Kier molecular flexibility index (Phi) is 4.79. The van der Waals surface area contributed by atoms with E-state index in [-0.39, 0.29) is 18.2 Å². The number of nitrogens with zero attached hydrogens (tertiary/aromatic N) is 1. The Morgan fingerprint density at radius 1 is 1.03 bits per heavy atom. The van der Waals surface area contributed by atoms with Gasteiger partial charge in [0.2, 0.25) is 5.91 Å². The summed E-state index contributed by atoms with van der Waals surface area (Å²) < 4.78 is 5.57. The largest absolute Gasteiger partial charge is 0.464 e. The molecule has 1 aromatic heterocycles. The fourth-order valence-corrected chi connectivity index (χ4v) is 4.11. The van der Waals surface area contributed by atoms with E-state index in [1.165, 1.54) is 5.56 Å². The van der Waals surface area contributed by atoms with Crippen LogP contribution >= 0.6 is 0 Å². The van der Waals surface area contributed by atoms with Crippen molar-refractivity contribution in [3.8, 4) is 0 Å². The fourth-order valence-electron chi connectivity index (χ4n) is 4.11. The van der Waals surface area contributed by atoms with Crippen molar-refractivity contribution >= 4 is 34.2 Å². The molecule has 5 nitrogen and oxygen atoms in total. The standard InChI is InChI=1S/C26H22N2O3/c1-17-6-11-22-20(16-31-24(22)14-17)15-25(29)27-21-9-7-19(8-10-21)26(30)28-13-12-18-4-2-3-5-23(18)28/h2-11,14,16H,12-13,15H2,1H3,(H,27,29).